The van der Waals surface area contributed by atoms with Crippen LogP contribution in [0, 0.1) is 0 Å². The minimum atomic E-state index is -1.14. The zero-order valence-corrected chi connectivity index (χ0v) is 19.2. The van der Waals surface area contributed by atoms with Gasteiger partial charge in [-0.25, -0.2) is 14.4 Å². The van der Waals surface area contributed by atoms with Crippen LogP contribution >= 0.6 is 0 Å². The van der Waals surface area contributed by atoms with Gasteiger partial charge in [-0.2, -0.15) is 0 Å². The number of carbonyl (C=O) groups is 1. The van der Waals surface area contributed by atoms with Gasteiger partial charge in [0.1, 0.15) is 17.6 Å². The normalized spacial score (nSPS) is 21.7. The van der Waals surface area contributed by atoms with Crippen LogP contribution in [-0.2, 0) is 13.6 Å². The van der Waals surface area contributed by atoms with E-state index in [1.807, 2.05) is 42.1 Å². The van der Waals surface area contributed by atoms with Crippen molar-refractivity contribution >= 4 is 28.4 Å². The summed E-state index contributed by atoms with van der Waals surface area (Å²) >= 11 is 0. The number of hydrogen-bond donors (Lipinski definition) is 3. The number of aliphatic hydroxyl groups excluding tert-OH is 1. The number of nitrogens with one attached hydrogen (secondary N) is 2. The molecule has 1 amide bonds. The van der Waals surface area contributed by atoms with Crippen LogP contribution in [0.25, 0.3) is 22.3 Å². The molecule has 1 aliphatic carbocycles. The number of nitrogens with zero attached hydrogens (tertiary/aromatic N) is 4. The van der Waals surface area contributed by atoms with Crippen molar-refractivity contribution in [1.29, 1.82) is 0 Å². The fraction of sp³-hybridized carbons (Fsp3) is 0.308. The van der Waals surface area contributed by atoms with Crippen LogP contribution in [0.3, 0.4) is 0 Å². The van der Waals surface area contributed by atoms with Crippen LogP contribution in [0.4, 0.5) is 15.9 Å². The van der Waals surface area contributed by atoms with Gasteiger partial charge in [-0.15, -0.1) is 0 Å². The Bertz CT molecular complexity index is 1430. The summed E-state index contributed by atoms with van der Waals surface area (Å²) in [5.74, 6) is 0.516. The highest BCUT2D eigenvalue weighted by Gasteiger charge is 2.30. The van der Waals surface area contributed by atoms with Crippen molar-refractivity contribution in [2.75, 3.05) is 5.32 Å². The summed E-state index contributed by atoms with van der Waals surface area (Å²) in [6, 6.07) is 7.71. The fourth-order valence-electron chi connectivity index (χ4n) is 5.21. The number of halogens is 1. The number of fused-ring (bicyclic) bond motifs is 2. The maximum absolute atomic E-state index is 13.6. The molecule has 0 bridgehead atoms. The molecule has 35 heavy (non-hydrogen) atoms. The summed E-state index contributed by atoms with van der Waals surface area (Å²) in [5, 5.41) is 17.0. The van der Waals surface area contributed by atoms with E-state index >= 15 is 0 Å². The van der Waals surface area contributed by atoms with Crippen LogP contribution in [0.5, 0.6) is 0 Å². The number of aliphatic hydroxyl groups is 1. The molecule has 4 aromatic heterocycles. The predicted octanol–water partition coefficient (Wildman–Crippen LogP) is 3.98. The van der Waals surface area contributed by atoms with Crippen molar-refractivity contribution in [2.24, 2.45) is 7.05 Å². The van der Waals surface area contributed by atoms with Gasteiger partial charge in [0.15, 0.2) is 0 Å². The smallest absolute Gasteiger partial charge is 0.254 e. The minimum absolute atomic E-state index is 0.0877. The molecule has 1 aliphatic heterocycles. The van der Waals surface area contributed by atoms with Crippen molar-refractivity contribution in [3.05, 3.63) is 65.7 Å². The summed E-state index contributed by atoms with van der Waals surface area (Å²) in [5.41, 5.74) is 5.51. The lowest BCUT2D eigenvalue weighted by molar-refractivity contribution is 0.0360. The van der Waals surface area contributed by atoms with E-state index in [0.29, 0.717) is 42.9 Å². The second-order valence-electron chi connectivity index (χ2n) is 9.27. The van der Waals surface area contributed by atoms with Crippen molar-refractivity contribution in [3.8, 4) is 11.3 Å². The zero-order valence-electron chi connectivity index (χ0n) is 19.2. The topological polar surface area (TPSA) is 105 Å². The number of alkyl halides is 1. The summed E-state index contributed by atoms with van der Waals surface area (Å²) < 4.78 is 15.6. The first-order valence-corrected chi connectivity index (χ1v) is 11.7. The molecular weight excluding hydrogens is 447 g/mol. The number of hydrogen-bond acceptors (Lipinski definition) is 6. The van der Waals surface area contributed by atoms with Crippen LogP contribution in [0.1, 0.15) is 46.7 Å². The van der Waals surface area contributed by atoms with Crippen molar-refractivity contribution < 1.29 is 14.3 Å². The predicted molar refractivity (Wildman–Crippen MR) is 130 cm³/mol. The zero-order chi connectivity index (χ0) is 24.1. The average molecular weight is 473 g/mol. The summed E-state index contributed by atoms with van der Waals surface area (Å²) in [4.78, 5) is 26.5. The number of amides is 1. The molecule has 0 radical (unpaired) electrons. The molecule has 9 heteroatoms. The molecule has 0 saturated heterocycles. The highest BCUT2D eigenvalue weighted by molar-refractivity contribution is 6.06. The molecule has 1 saturated carbocycles. The first-order chi connectivity index (χ1) is 17.0. The third-order valence-corrected chi connectivity index (χ3v) is 7.11. The highest BCUT2D eigenvalue weighted by Crippen LogP contribution is 2.37. The van der Waals surface area contributed by atoms with E-state index in [-0.39, 0.29) is 11.8 Å². The Morgan fingerprint density at radius 3 is 2.83 bits per heavy atom. The van der Waals surface area contributed by atoms with E-state index in [0.717, 1.165) is 33.4 Å². The Labute approximate surface area is 201 Å². The SMILES string of the molecule is Cn1ccc2c(-c3ncc(Nc4ccc(C5CC[C@@H](F)[C@H](O)C5)cn4)c4c3CNC4=O)ccnc21. The van der Waals surface area contributed by atoms with Gasteiger partial charge in [0.05, 0.1) is 29.2 Å². The van der Waals surface area contributed by atoms with Gasteiger partial charge in [-0.1, -0.05) is 6.07 Å². The molecule has 1 fully saturated rings. The van der Waals surface area contributed by atoms with Crippen LogP contribution in [0.15, 0.2) is 49.1 Å². The maximum Gasteiger partial charge on any atom is 0.254 e. The third kappa shape index (κ3) is 3.72. The number of anilines is 2. The fourth-order valence-corrected chi connectivity index (χ4v) is 5.21. The first-order valence-electron chi connectivity index (χ1n) is 11.7. The van der Waals surface area contributed by atoms with Crippen LogP contribution in [0.2, 0.25) is 0 Å². The standard InChI is InChI=1S/C26H25FN6O2/c1-33-9-7-17-16(6-8-28-25(17)33)24-18-12-31-26(35)23(18)20(13-30-24)32-22-5-3-15(11-29-22)14-2-4-19(27)21(34)10-14/h3,5-9,11,13-14,19,21,34H,2,4,10,12H2,1H3,(H,29,32)(H,31,35)/t14?,19-,21-/m1/s1. The number of rotatable bonds is 4. The molecule has 3 atom stereocenters. The Balaban J connectivity index is 1.31. The van der Waals surface area contributed by atoms with Crippen molar-refractivity contribution in [2.45, 2.75) is 44.0 Å². The lowest BCUT2D eigenvalue weighted by atomic mass is 9.82. The molecule has 2 aliphatic rings. The molecule has 5 heterocycles. The number of aryl methyl sites for hydroxylation is 1. The van der Waals surface area contributed by atoms with E-state index in [2.05, 4.69) is 20.6 Å². The minimum Gasteiger partial charge on any atom is -0.390 e. The lowest BCUT2D eigenvalue weighted by Gasteiger charge is -2.28. The van der Waals surface area contributed by atoms with Gasteiger partial charge in [-0.05, 0) is 48.9 Å². The van der Waals surface area contributed by atoms with Crippen molar-refractivity contribution in [1.82, 2.24) is 24.8 Å². The Morgan fingerprint density at radius 1 is 1.14 bits per heavy atom. The summed E-state index contributed by atoms with van der Waals surface area (Å²) in [6.07, 6.45) is 6.52. The van der Waals surface area contributed by atoms with E-state index in [9.17, 15) is 14.3 Å². The van der Waals surface area contributed by atoms with Crippen LogP contribution < -0.4 is 10.6 Å². The van der Waals surface area contributed by atoms with Gasteiger partial charge in [0, 0.05) is 48.7 Å². The van der Waals surface area contributed by atoms with E-state index < -0.39 is 12.3 Å². The molecular formula is C26H25FN6O2. The molecule has 6 rings (SSSR count). The molecule has 4 aromatic rings. The third-order valence-electron chi connectivity index (χ3n) is 7.11. The number of pyridine rings is 3. The summed E-state index contributed by atoms with van der Waals surface area (Å²) in [7, 11) is 1.95. The van der Waals surface area contributed by atoms with Gasteiger partial charge in [0.25, 0.3) is 5.91 Å². The molecule has 0 spiro atoms. The Hall–Kier alpha value is -3.85. The van der Waals surface area contributed by atoms with E-state index in [1.165, 1.54) is 0 Å². The molecule has 0 aromatic carbocycles. The molecule has 8 nitrogen and oxygen atoms in total. The maximum atomic E-state index is 13.6. The summed E-state index contributed by atoms with van der Waals surface area (Å²) in [6.45, 7) is 0.397. The molecule has 178 valence electrons. The van der Waals surface area contributed by atoms with Gasteiger partial charge >= 0.3 is 0 Å². The van der Waals surface area contributed by atoms with Crippen molar-refractivity contribution in [3.63, 3.8) is 0 Å². The molecule has 1 unspecified atom stereocenters. The Morgan fingerprint density at radius 2 is 2.03 bits per heavy atom. The van der Waals surface area contributed by atoms with Crippen LogP contribution in [-0.4, -0.2) is 42.8 Å². The largest absolute Gasteiger partial charge is 0.390 e. The monoisotopic (exact) mass is 472 g/mol. The second kappa shape index (κ2) is 8.42. The lowest BCUT2D eigenvalue weighted by Crippen LogP contribution is -2.29. The van der Waals surface area contributed by atoms with E-state index in [4.69, 9.17) is 4.98 Å². The Kier molecular flexibility index (Phi) is 5.21. The average Bonchev–Trinajstić information content (AvgIpc) is 3.45. The second-order valence-corrected chi connectivity index (χ2v) is 9.27. The quantitative estimate of drug-likeness (QED) is 0.415. The number of carbonyl (C=O) groups excluding carboxylic acids is 1. The van der Waals surface area contributed by atoms with Gasteiger partial charge < -0.3 is 20.3 Å². The molecule has 3 N–H and O–H groups in total. The van der Waals surface area contributed by atoms with Gasteiger partial charge in [-0.3, -0.25) is 9.78 Å². The first kappa shape index (κ1) is 21.7. The van der Waals surface area contributed by atoms with Gasteiger partial charge in [0.2, 0.25) is 0 Å². The number of aromatic nitrogens is 4. The highest BCUT2D eigenvalue weighted by atomic mass is 19.1. The van der Waals surface area contributed by atoms with E-state index in [1.54, 1.807) is 18.6 Å².